The number of aromatic nitrogens is 2. The van der Waals surface area contributed by atoms with Crippen molar-refractivity contribution in [3.8, 4) is 5.69 Å². The zero-order chi connectivity index (χ0) is 22.5. The number of aryl methyl sites for hydroxylation is 1. The molecule has 1 aliphatic rings. The summed E-state index contributed by atoms with van der Waals surface area (Å²) in [5.74, 6) is 0.914. The fraction of sp³-hybridized carbons (Fsp3) is 0.360. The van der Waals surface area contributed by atoms with Gasteiger partial charge in [0.2, 0.25) is 0 Å². The van der Waals surface area contributed by atoms with E-state index < -0.39 is 0 Å². The Morgan fingerprint density at radius 3 is 2.44 bits per heavy atom. The molecule has 7 heteroatoms. The second kappa shape index (κ2) is 9.97. The maximum Gasteiger partial charge on any atom is 0.320 e. The van der Waals surface area contributed by atoms with Gasteiger partial charge in [0.05, 0.1) is 24.0 Å². The van der Waals surface area contributed by atoms with Gasteiger partial charge in [0, 0.05) is 38.2 Å². The third-order valence-corrected chi connectivity index (χ3v) is 6.14. The molecule has 32 heavy (non-hydrogen) atoms. The zero-order valence-corrected chi connectivity index (χ0v) is 18.9. The number of methoxy groups -OCH3 is 1. The van der Waals surface area contributed by atoms with Crippen LogP contribution in [0.4, 0.5) is 10.6 Å². The Labute approximate surface area is 189 Å². The number of likely N-dealkylation sites (tertiary alicyclic amines) is 1. The van der Waals surface area contributed by atoms with E-state index >= 15 is 0 Å². The van der Waals surface area contributed by atoms with Crippen LogP contribution in [0.1, 0.15) is 22.7 Å². The molecule has 0 bridgehead atoms. The lowest BCUT2D eigenvalue weighted by molar-refractivity contribution is 0.159. The lowest BCUT2D eigenvalue weighted by atomic mass is 9.94. The minimum atomic E-state index is -0.218. The van der Waals surface area contributed by atoms with Crippen molar-refractivity contribution in [2.45, 2.75) is 25.8 Å². The van der Waals surface area contributed by atoms with Crippen molar-refractivity contribution in [1.82, 2.24) is 20.0 Å². The summed E-state index contributed by atoms with van der Waals surface area (Å²) in [6, 6.07) is 20.0. The fourth-order valence-corrected chi connectivity index (χ4v) is 4.29. The molecule has 1 fully saturated rings. The number of urea groups is 1. The Bertz CT molecular complexity index is 1040. The Balaban J connectivity index is 1.52. The number of amides is 2. The molecule has 0 spiro atoms. The first kappa shape index (κ1) is 22.0. The maximum absolute atomic E-state index is 13.1. The largest absolute Gasteiger partial charge is 0.383 e. The molecule has 2 atom stereocenters. The number of ether oxygens (including phenoxy) is 1. The molecule has 7 nitrogen and oxygen atoms in total. The van der Waals surface area contributed by atoms with Crippen LogP contribution in [0.5, 0.6) is 0 Å². The predicted octanol–water partition coefficient (Wildman–Crippen LogP) is 3.73. The first-order valence-corrected chi connectivity index (χ1v) is 11.0. The predicted molar refractivity (Wildman–Crippen MR) is 126 cm³/mol. The van der Waals surface area contributed by atoms with Gasteiger partial charge in [-0.15, -0.1) is 0 Å². The molecule has 2 heterocycles. The van der Waals surface area contributed by atoms with E-state index in [9.17, 15) is 4.79 Å². The second-order valence-electron chi connectivity index (χ2n) is 8.28. The normalized spacial score (nSPS) is 18.6. The van der Waals surface area contributed by atoms with Crippen LogP contribution in [0, 0.1) is 13.8 Å². The molecule has 4 rings (SSSR count). The fourth-order valence-electron chi connectivity index (χ4n) is 4.29. The Hall–Kier alpha value is -3.16. The van der Waals surface area contributed by atoms with Gasteiger partial charge in [-0.3, -0.25) is 10.2 Å². The summed E-state index contributed by atoms with van der Waals surface area (Å²) < 4.78 is 7.05. The molecule has 2 unspecified atom stereocenters. The molecular weight excluding hydrogens is 402 g/mol. The molecule has 2 amide bonds. The van der Waals surface area contributed by atoms with Crippen molar-refractivity contribution in [3.05, 3.63) is 77.5 Å². The molecular formula is C25H31N5O2. The van der Waals surface area contributed by atoms with E-state index in [1.54, 1.807) is 11.8 Å². The number of benzene rings is 2. The first-order valence-electron chi connectivity index (χ1n) is 11.0. The summed E-state index contributed by atoms with van der Waals surface area (Å²) in [6.07, 6.45) is 0. The summed E-state index contributed by atoms with van der Waals surface area (Å²) in [6.45, 7) is 7.12. The summed E-state index contributed by atoms with van der Waals surface area (Å²) in [7, 11) is 1.72. The van der Waals surface area contributed by atoms with Crippen LogP contribution in [0.3, 0.4) is 0 Å². The van der Waals surface area contributed by atoms with Gasteiger partial charge in [0.1, 0.15) is 5.82 Å². The minimum absolute atomic E-state index is 0.00348. The lowest BCUT2D eigenvalue weighted by Crippen LogP contribution is -2.42. The number of carbonyl (C=O) groups excluding carboxylic acids is 1. The Morgan fingerprint density at radius 2 is 1.75 bits per heavy atom. The second-order valence-corrected chi connectivity index (χ2v) is 8.28. The van der Waals surface area contributed by atoms with Crippen LogP contribution < -0.4 is 10.6 Å². The van der Waals surface area contributed by atoms with Crippen molar-refractivity contribution in [2.75, 3.05) is 38.7 Å². The van der Waals surface area contributed by atoms with E-state index in [-0.39, 0.29) is 18.0 Å². The molecule has 2 aromatic carbocycles. The van der Waals surface area contributed by atoms with Gasteiger partial charge >= 0.3 is 6.03 Å². The number of nitrogens with one attached hydrogen (secondary N) is 2. The van der Waals surface area contributed by atoms with Crippen LogP contribution in [0.2, 0.25) is 0 Å². The summed E-state index contributed by atoms with van der Waals surface area (Å²) in [5.41, 5.74) is 3.99. The average molecular weight is 434 g/mol. The molecule has 3 aromatic rings. The number of nitrogens with zero attached hydrogens (tertiary/aromatic N) is 3. The number of para-hydroxylation sites is 1. The van der Waals surface area contributed by atoms with E-state index in [1.165, 1.54) is 5.56 Å². The van der Waals surface area contributed by atoms with Crippen molar-refractivity contribution < 1.29 is 9.53 Å². The number of anilines is 1. The average Bonchev–Trinajstić information content (AvgIpc) is 3.34. The molecule has 1 aliphatic heterocycles. The standard InChI is InChI=1S/C25H31N5O2/c1-18-19(2)28-30(21-12-8-5-9-13-21)24(18)27-25(31)26-23-17-29(14-15-32-3)16-22(23)20-10-6-4-7-11-20/h4-13,22-23H,14-17H2,1-3H3,(H2,26,27,31). The van der Waals surface area contributed by atoms with E-state index in [0.29, 0.717) is 12.4 Å². The van der Waals surface area contributed by atoms with E-state index in [2.05, 4.69) is 44.9 Å². The van der Waals surface area contributed by atoms with Crippen LogP contribution >= 0.6 is 0 Å². The van der Waals surface area contributed by atoms with Gasteiger partial charge < -0.3 is 10.1 Å². The monoisotopic (exact) mass is 433 g/mol. The SMILES string of the molecule is COCCN1CC(NC(=O)Nc2c(C)c(C)nn2-c2ccccc2)C(c2ccccc2)C1. The van der Waals surface area contributed by atoms with Gasteiger partial charge in [-0.05, 0) is 31.5 Å². The quantitative estimate of drug-likeness (QED) is 0.596. The highest BCUT2D eigenvalue weighted by Crippen LogP contribution is 2.28. The highest BCUT2D eigenvalue weighted by Gasteiger charge is 2.34. The number of hydrogen-bond donors (Lipinski definition) is 2. The molecule has 1 aromatic heterocycles. The van der Waals surface area contributed by atoms with Gasteiger partial charge in [0.25, 0.3) is 0 Å². The van der Waals surface area contributed by atoms with Gasteiger partial charge in [-0.2, -0.15) is 5.10 Å². The van der Waals surface area contributed by atoms with Gasteiger partial charge in [-0.25, -0.2) is 9.48 Å². The van der Waals surface area contributed by atoms with Crippen LogP contribution in [-0.2, 0) is 4.74 Å². The van der Waals surface area contributed by atoms with Crippen LogP contribution in [0.15, 0.2) is 60.7 Å². The zero-order valence-electron chi connectivity index (χ0n) is 18.9. The molecule has 2 N–H and O–H groups in total. The topological polar surface area (TPSA) is 71.4 Å². The smallest absolute Gasteiger partial charge is 0.320 e. The van der Waals surface area contributed by atoms with Gasteiger partial charge in [-0.1, -0.05) is 48.5 Å². The summed E-state index contributed by atoms with van der Waals surface area (Å²) >= 11 is 0. The van der Waals surface area contributed by atoms with Crippen molar-refractivity contribution in [2.24, 2.45) is 0 Å². The highest BCUT2D eigenvalue weighted by atomic mass is 16.5. The van der Waals surface area contributed by atoms with Crippen molar-refractivity contribution in [1.29, 1.82) is 0 Å². The highest BCUT2D eigenvalue weighted by molar-refractivity contribution is 5.90. The minimum Gasteiger partial charge on any atom is -0.383 e. The summed E-state index contributed by atoms with van der Waals surface area (Å²) in [5, 5.41) is 10.9. The van der Waals surface area contributed by atoms with Crippen molar-refractivity contribution >= 4 is 11.8 Å². The van der Waals surface area contributed by atoms with Crippen LogP contribution in [0.25, 0.3) is 5.69 Å². The third kappa shape index (κ3) is 4.84. The number of carbonyl (C=O) groups is 1. The van der Waals surface area contributed by atoms with E-state index in [4.69, 9.17) is 4.74 Å². The van der Waals surface area contributed by atoms with Crippen molar-refractivity contribution in [3.63, 3.8) is 0 Å². The van der Waals surface area contributed by atoms with E-state index in [0.717, 1.165) is 36.6 Å². The Kier molecular flexibility index (Phi) is 6.87. The van der Waals surface area contributed by atoms with Crippen LogP contribution in [-0.4, -0.2) is 60.1 Å². The number of rotatable bonds is 7. The molecule has 0 saturated carbocycles. The molecule has 168 valence electrons. The Morgan fingerprint density at radius 1 is 1.06 bits per heavy atom. The van der Waals surface area contributed by atoms with Gasteiger partial charge in [0.15, 0.2) is 0 Å². The first-order chi connectivity index (χ1) is 15.6. The lowest BCUT2D eigenvalue weighted by Gasteiger charge is -2.21. The van der Waals surface area contributed by atoms with E-state index in [1.807, 2.05) is 50.2 Å². The maximum atomic E-state index is 13.1. The third-order valence-electron chi connectivity index (χ3n) is 6.14. The molecule has 1 saturated heterocycles. The number of hydrogen-bond acceptors (Lipinski definition) is 4. The summed E-state index contributed by atoms with van der Waals surface area (Å²) in [4.78, 5) is 15.4. The molecule has 0 aliphatic carbocycles. The molecule has 0 radical (unpaired) electrons.